The van der Waals surface area contributed by atoms with Crippen molar-refractivity contribution in [3.63, 3.8) is 0 Å². The van der Waals surface area contributed by atoms with E-state index in [1.807, 2.05) is 16.9 Å². The lowest BCUT2D eigenvalue weighted by Crippen LogP contribution is -2.02. The Morgan fingerprint density at radius 3 is 2.94 bits per heavy atom. The first kappa shape index (κ1) is 11.7. The minimum absolute atomic E-state index is 0.824. The van der Waals surface area contributed by atoms with Crippen molar-refractivity contribution in [3.8, 4) is 0 Å². The SMILES string of the molecule is CCCn1ccc(NCc2cccc(C)c2)n1. The summed E-state index contributed by atoms with van der Waals surface area (Å²) >= 11 is 0. The second-order valence-electron chi connectivity index (χ2n) is 4.31. The molecule has 1 aromatic heterocycles. The Labute approximate surface area is 102 Å². The topological polar surface area (TPSA) is 29.9 Å². The van der Waals surface area contributed by atoms with Crippen LogP contribution in [0.15, 0.2) is 36.5 Å². The van der Waals surface area contributed by atoms with E-state index in [0.29, 0.717) is 0 Å². The molecule has 0 aliphatic rings. The lowest BCUT2D eigenvalue weighted by atomic mass is 10.1. The number of aromatic nitrogens is 2. The Morgan fingerprint density at radius 2 is 2.18 bits per heavy atom. The van der Waals surface area contributed by atoms with E-state index < -0.39 is 0 Å². The van der Waals surface area contributed by atoms with Crippen molar-refractivity contribution in [2.45, 2.75) is 33.4 Å². The summed E-state index contributed by atoms with van der Waals surface area (Å²) in [7, 11) is 0. The van der Waals surface area contributed by atoms with Gasteiger partial charge in [-0.15, -0.1) is 0 Å². The van der Waals surface area contributed by atoms with Crippen molar-refractivity contribution in [1.29, 1.82) is 0 Å². The summed E-state index contributed by atoms with van der Waals surface area (Å²) in [5, 5.41) is 7.78. The normalized spacial score (nSPS) is 10.5. The maximum atomic E-state index is 4.44. The second kappa shape index (κ2) is 5.53. The van der Waals surface area contributed by atoms with Crippen LogP contribution in [0.25, 0.3) is 0 Å². The quantitative estimate of drug-likeness (QED) is 0.853. The van der Waals surface area contributed by atoms with Gasteiger partial charge in [0.15, 0.2) is 0 Å². The molecule has 0 spiro atoms. The molecule has 3 nitrogen and oxygen atoms in total. The number of benzene rings is 1. The summed E-state index contributed by atoms with van der Waals surface area (Å²) < 4.78 is 1.97. The van der Waals surface area contributed by atoms with Crippen molar-refractivity contribution in [3.05, 3.63) is 47.7 Å². The average Bonchev–Trinajstić information content (AvgIpc) is 2.75. The summed E-state index contributed by atoms with van der Waals surface area (Å²) in [6, 6.07) is 10.5. The van der Waals surface area contributed by atoms with Gasteiger partial charge in [0.2, 0.25) is 0 Å². The third kappa shape index (κ3) is 3.34. The third-order valence-electron chi connectivity index (χ3n) is 2.65. The lowest BCUT2D eigenvalue weighted by Gasteiger charge is -2.04. The molecular weight excluding hydrogens is 210 g/mol. The fraction of sp³-hybridized carbons (Fsp3) is 0.357. The van der Waals surface area contributed by atoms with Gasteiger partial charge in [-0.25, -0.2) is 0 Å². The summed E-state index contributed by atoms with van der Waals surface area (Å²) in [6.07, 6.45) is 3.13. The van der Waals surface area contributed by atoms with Crippen molar-refractivity contribution in [1.82, 2.24) is 9.78 Å². The highest BCUT2D eigenvalue weighted by Crippen LogP contribution is 2.08. The summed E-state index contributed by atoms with van der Waals surface area (Å²) in [5.41, 5.74) is 2.58. The van der Waals surface area contributed by atoms with Gasteiger partial charge in [0.25, 0.3) is 0 Å². The van der Waals surface area contributed by atoms with Gasteiger partial charge in [-0.3, -0.25) is 4.68 Å². The number of rotatable bonds is 5. The molecule has 0 aliphatic carbocycles. The maximum absolute atomic E-state index is 4.44. The van der Waals surface area contributed by atoms with Gasteiger partial charge < -0.3 is 5.32 Å². The zero-order chi connectivity index (χ0) is 12.1. The van der Waals surface area contributed by atoms with E-state index in [1.165, 1.54) is 11.1 Å². The molecule has 0 aliphatic heterocycles. The maximum Gasteiger partial charge on any atom is 0.148 e. The molecule has 0 unspecified atom stereocenters. The van der Waals surface area contributed by atoms with E-state index in [1.54, 1.807) is 0 Å². The standard InChI is InChI=1S/C14H19N3/c1-3-8-17-9-7-14(16-17)15-11-13-6-4-5-12(2)10-13/h4-7,9-10H,3,8,11H2,1-2H3,(H,15,16). The largest absolute Gasteiger partial charge is 0.365 e. The number of hydrogen-bond acceptors (Lipinski definition) is 2. The molecule has 1 aromatic carbocycles. The number of aryl methyl sites for hydroxylation is 2. The van der Waals surface area contributed by atoms with Crippen LogP contribution in [0.4, 0.5) is 5.82 Å². The molecule has 17 heavy (non-hydrogen) atoms. The highest BCUT2D eigenvalue weighted by molar-refractivity contribution is 5.34. The zero-order valence-electron chi connectivity index (χ0n) is 10.5. The first-order valence-electron chi connectivity index (χ1n) is 6.11. The second-order valence-corrected chi connectivity index (χ2v) is 4.31. The fourth-order valence-corrected chi connectivity index (χ4v) is 1.82. The van der Waals surface area contributed by atoms with Crippen LogP contribution in [-0.2, 0) is 13.1 Å². The van der Waals surface area contributed by atoms with E-state index in [4.69, 9.17) is 0 Å². The van der Waals surface area contributed by atoms with Crippen LogP contribution in [0.1, 0.15) is 24.5 Å². The smallest absolute Gasteiger partial charge is 0.148 e. The number of nitrogens with one attached hydrogen (secondary N) is 1. The molecule has 0 fully saturated rings. The van der Waals surface area contributed by atoms with Crippen molar-refractivity contribution in [2.24, 2.45) is 0 Å². The van der Waals surface area contributed by atoms with E-state index in [0.717, 1.165) is 25.3 Å². The summed E-state index contributed by atoms with van der Waals surface area (Å²) in [4.78, 5) is 0. The summed E-state index contributed by atoms with van der Waals surface area (Å²) in [6.45, 7) is 6.07. The van der Waals surface area contributed by atoms with Crippen LogP contribution in [0.5, 0.6) is 0 Å². The molecule has 2 rings (SSSR count). The van der Waals surface area contributed by atoms with Gasteiger partial charge in [0.05, 0.1) is 0 Å². The monoisotopic (exact) mass is 229 g/mol. The van der Waals surface area contributed by atoms with E-state index >= 15 is 0 Å². The number of anilines is 1. The van der Waals surface area contributed by atoms with E-state index in [9.17, 15) is 0 Å². The van der Waals surface area contributed by atoms with Gasteiger partial charge in [-0.1, -0.05) is 36.8 Å². The van der Waals surface area contributed by atoms with Gasteiger partial charge in [-0.2, -0.15) is 5.10 Å². The Morgan fingerprint density at radius 1 is 1.29 bits per heavy atom. The van der Waals surface area contributed by atoms with Crippen LogP contribution in [-0.4, -0.2) is 9.78 Å². The summed E-state index contributed by atoms with van der Waals surface area (Å²) in [5.74, 6) is 0.944. The van der Waals surface area contributed by atoms with Gasteiger partial charge in [-0.05, 0) is 18.9 Å². The average molecular weight is 229 g/mol. The minimum Gasteiger partial charge on any atom is -0.365 e. The molecule has 1 N–H and O–H groups in total. The van der Waals surface area contributed by atoms with Crippen LogP contribution in [0.3, 0.4) is 0 Å². The lowest BCUT2D eigenvalue weighted by molar-refractivity contribution is 0.604. The van der Waals surface area contributed by atoms with Crippen LogP contribution in [0.2, 0.25) is 0 Å². The third-order valence-corrected chi connectivity index (χ3v) is 2.65. The molecule has 0 radical (unpaired) electrons. The molecule has 0 amide bonds. The Hall–Kier alpha value is -1.77. The molecule has 0 bridgehead atoms. The van der Waals surface area contributed by atoms with Gasteiger partial charge in [0, 0.05) is 25.4 Å². The minimum atomic E-state index is 0.824. The molecule has 90 valence electrons. The first-order chi connectivity index (χ1) is 8.28. The molecule has 0 atom stereocenters. The van der Waals surface area contributed by atoms with E-state index in [-0.39, 0.29) is 0 Å². The van der Waals surface area contributed by atoms with E-state index in [2.05, 4.69) is 48.5 Å². The van der Waals surface area contributed by atoms with Crippen molar-refractivity contribution >= 4 is 5.82 Å². The highest BCUT2D eigenvalue weighted by Gasteiger charge is 1.98. The molecule has 0 saturated carbocycles. The fourth-order valence-electron chi connectivity index (χ4n) is 1.82. The van der Waals surface area contributed by atoms with Crippen molar-refractivity contribution < 1.29 is 0 Å². The zero-order valence-corrected chi connectivity index (χ0v) is 10.5. The Balaban J connectivity index is 1.93. The van der Waals surface area contributed by atoms with Gasteiger partial charge >= 0.3 is 0 Å². The number of hydrogen-bond donors (Lipinski definition) is 1. The molecule has 1 heterocycles. The molecule has 0 saturated heterocycles. The van der Waals surface area contributed by atoms with Gasteiger partial charge in [0.1, 0.15) is 5.82 Å². The highest BCUT2D eigenvalue weighted by atomic mass is 15.3. The predicted octanol–water partition coefficient (Wildman–Crippen LogP) is 3.21. The van der Waals surface area contributed by atoms with Crippen molar-refractivity contribution in [2.75, 3.05) is 5.32 Å². The Bertz CT molecular complexity index is 474. The molecule has 2 aromatic rings. The molecular formula is C14H19N3. The first-order valence-corrected chi connectivity index (χ1v) is 6.11. The molecule has 3 heteroatoms. The van der Waals surface area contributed by atoms with Crippen LogP contribution < -0.4 is 5.32 Å². The van der Waals surface area contributed by atoms with Crippen LogP contribution >= 0.6 is 0 Å². The van der Waals surface area contributed by atoms with Crippen LogP contribution in [0, 0.1) is 6.92 Å². The number of nitrogens with zero attached hydrogens (tertiary/aromatic N) is 2. The Kier molecular flexibility index (Phi) is 3.81. The predicted molar refractivity (Wildman–Crippen MR) is 71.0 cm³/mol.